The Kier molecular flexibility index (Phi) is 4.91. The Hall–Kier alpha value is -1.66. The summed E-state index contributed by atoms with van der Waals surface area (Å²) < 4.78 is 29.0. The summed E-state index contributed by atoms with van der Waals surface area (Å²) in [5.74, 6) is 0.412. The lowest BCUT2D eigenvalue weighted by molar-refractivity contribution is 0.00578. The normalized spacial score (nSPS) is 21.6. The van der Waals surface area contributed by atoms with Crippen molar-refractivity contribution in [1.29, 1.82) is 0 Å². The molecule has 4 rings (SSSR count). The largest absolute Gasteiger partial charge is 0.497 e. The van der Waals surface area contributed by atoms with Gasteiger partial charge in [0.1, 0.15) is 5.82 Å². The Morgan fingerprint density at radius 1 is 1.14 bits per heavy atom. The summed E-state index contributed by atoms with van der Waals surface area (Å²) in [6.45, 7) is 7.91. The maximum Gasteiger partial charge on any atom is 0.497 e. The van der Waals surface area contributed by atoms with Gasteiger partial charge in [-0.05, 0) is 51.7 Å². The first-order valence-corrected chi connectivity index (χ1v) is 10.3. The molecule has 0 radical (unpaired) electrons. The summed E-state index contributed by atoms with van der Waals surface area (Å²) in [4.78, 5) is 0. The van der Waals surface area contributed by atoms with Gasteiger partial charge in [0.15, 0.2) is 0 Å². The van der Waals surface area contributed by atoms with E-state index in [9.17, 15) is 0 Å². The molecule has 6 heteroatoms. The van der Waals surface area contributed by atoms with Crippen molar-refractivity contribution in [1.82, 2.24) is 9.78 Å². The van der Waals surface area contributed by atoms with Crippen molar-refractivity contribution in [2.45, 2.75) is 71.0 Å². The highest BCUT2D eigenvalue weighted by Crippen LogP contribution is 2.37. The first-order valence-electron chi connectivity index (χ1n) is 10.3. The molecular weight excluding hydrogens is 354 g/mol. The summed E-state index contributed by atoms with van der Waals surface area (Å²) in [7, 11) is 1.29. The van der Waals surface area contributed by atoms with E-state index < -0.39 is 18.3 Å². The van der Waals surface area contributed by atoms with Crippen LogP contribution in [0.5, 0.6) is 0 Å². The number of aryl methyl sites for hydroxylation is 1. The summed E-state index contributed by atoms with van der Waals surface area (Å²) >= 11 is 0. The van der Waals surface area contributed by atoms with Gasteiger partial charge in [0.25, 0.3) is 0 Å². The smallest absolute Gasteiger partial charge is 0.399 e. The Morgan fingerprint density at radius 3 is 2.39 bits per heavy atom. The summed E-state index contributed by atoms with van der Waals surface area (Å²) in [6, 6.07) is 5.34. The van der Waals surface area contributed by atoms with Crippen molar-refractivity contribution in [3.63, 3.8) is 0 Å². The van der Waals surface area contributed by atoms with Gasteiger partial charge in [-0.25, -0.2) is 4.39 Å². The second-order valence-electron chi connectivity index (χ2n) is 9.31. The molecule has 0 amide bonds. The maximum atomic E-state index is 15.0. The van der Waals surface area contributed by atoms with Crippen molar-refractivity contribution in [3.8, 4) is 11.1 Å². The van der Waals surface area contributed by atoms with Crippen molar-refractivity contribution < 1.29 is 13.7 Å². The summed E-state index contributed by atoms with van der Waals surface area (Å²) in [6.07, 6.45) is 8.05. The minimum atomic E-state index is -0.689. The van der Waals surface area contributed by atoms with Crippen LogP contribution in [-0.4, -0.2) is 28.1 Å². The van der Waals surface area contributed by atoms with Gasteiger partial charge in [0.2, 0.25) is 0 Å². The van der Waals surface area contributed by atoms with Gasteiger partial charge in [0, 0.05) is 23.8 Å². The molecule has 1 aromatic carbocycles. The molecule has 150 valence electrons. The maximum absolute atomic E-state index is 15.0. The molecule has 0 atom stereocenters. The van der Waals surface area contributed by atoms with Crippen LogP contribution in [0.15, 0.2) is 24.4 Å². The molecule has 2 fully saturated rings. The monoisotopic (exact) mass is 384 g/mol. The fraction of sp³-hybridized carbons (Fsp3) is 0.591. The van der Waals surface area contributed by atoms with E-state index in [1.54, 1.807) is 12.1 Å². The standard InChI is InChI=1S/C22H30BFN2O2/c1-21(2)22(3,4)28-23(27-21)18-11-10-16(13-19(18)24)17-14-25-26(5)20(17)12-15-8-6-7-9-15/h10-11,13-15H,6-9,12H2,1-5H3. The minimum Gasteiger partial charge on any atom is -0.399 e. The van der Waals surface area contributed by atoms with E-state index in [0.29, 0.717) is 11.4 Å². The highest BCUT2D eigenvalue weighted by molar-refractivity contribution is 6.62. The van der Waals surface area contributed by atoms with E-state index in [2.05, 4.69) is 5.10 Å². The zero-order valence-electron chi connectivity index (χ0n) is 17.6. The lowest BCUT2D eigenvalue weighted by Crippen LogP contribution is -2.41. The molecule has 2 aliphatic rings. The molecule has 0 spiro atoms. The Balaban J connectivity index is 1.61. The van der Waals surface area contributed by atoms with E-state index >= 15 is 4.39 Å². The number of rotatable bonds is 4. The molecule has 1 aliphatic carbocycles. The van der Waals surface area contributed by atoms with Crippen LogP contribution in [0.4, 0.5) is 4.39 Å². The van der Waals surface area contributed by atoms with Gasteiger partial charge in [-0.3, -0.25) is 4.68 Å². The number of hydrogen-bond acceptors (Lipinski definition) is 3. The van der Waals surface area contributed by atoms with E-state index in [4.69, 9.17) is 9.31 Å². The lowest BCUT2D eigenvalue weighted by Gasteiger charge is -2.32. The molecule has 28 heavy (non-hydrogen) atoms. The molecule has 2 aromatic rings. The third-order valence-corrected chi connectivity index (χ3v) is 6.84. The Morgan fingerprint density at radius 2 is 1.79 bits per heavy atom. The van der Waals surface area contributed by atoms with E-state index in [1.165, 1.54) is 31.4 Å². The minimum absolute atomic E-state index is 0.299. The van der Waals surface area contributed by atoms with Crippen LogP contribution < -0.4 is 5.46 Å². The number of halogens is 1. The van der Waals surface area contributed by atoms with Gasteiger partial charge < -0.3 is 9.31 Å². The van der Waals surface area contributed by atoms with Gasteiger partial charge in [-0.15, -0.1) is 0 Å². The molecule has 4 nitrogen and oxygen atoms in total. The van der Waals surface area contributed by atoms with Crippen LogP contribution in [0.3, 0.4) is 0 Å². The second kappa shape index (κ2) is 6.99. The molecule has 1 saturated carbocycles. The third-order valence-electron chi connectivity index (χ3n) is 6.84. The number of nitrogens with zero attached hydrogens (tertiary/aromatic N) is 2. The fourth-order valence-electron chi connectivity index (χ4n) is 4.29. The SMILES string of the molecule is Cn1ncc(-c2ccc(B3OC(C)(C)C(C)(C)O3)c(F)c2)c1CC1CCCC1. The van der Waals surface area contributed by atoms with Gasteiger partial charge in [-0.2, -0.15) is 5.10 Å². The summed E-state index contributed by atoms with van der Waals surface area (Å²) in [5, 5.41) is 4.45. The van der Waals surface area contributed by atoms with Crippen LogP contribution >= 0.6 is 0 Å². The molecule has 1 saturated heterocycles. The Bertz CT molecular complexity index is 855. The average Bonchev–Trinajstić information content (AvgIpc) is 3.29. The first kappa shape index (κ1) is 19.7. The zero-order chi connectivity index (χ0) is 20.1. The predicted molar refractivity (Wildman–Crippen MR) is 110 cm³/mol. The molecule has 0 unspecified atom stereocenters. The molecular formula is C22H30BFN2O2. The van der Waals surface area contributed by atoms with Crippen LogP contribution in [0.1, 0.15) is 59.1 Å². The fourth-order valence-corrected chi connectivity index (χ4v) is 4.29. The summed E-state index contributed by atoms with van der Waals surface area (Å²) in [5.41, 5.74) is 2.55. The molecule has 1 aliphatic heterocycles. The van der Waals surface area contributed by atoms with Crippen molar-refractivity contribution in [3.05, 3.63) is 35.9 Å². The Labute approximate surface area is 167 Å². The highest BCUT2D eigenvalue weighted by atomic mass is 19.1. The van der Waals surface area contributed by atoms with Crippen LogP contribution in [0, 0.1) is 11.7 Å². The molecule has 1 aromatic heterocycles. The average molecular weight is 384 g/mol. The van der Waals surface area contributed by atoms with E-state index in [1.807, 2.05) is 51.7 Å². The van der Waals surface area contributed by atoms with Crippen LogP contribution in [-0.2, 0) is 22.8 Å². The van der Waals surface area contributed by atoms with Crippen molar-refractivity contribution in [2.75, 3.05) is 0 Å². The van der Waals surface area contributed by atoms with E-state index in [-0.39, 0.29) is 5.82 Å². The highest BCUT2D eigenvalue weighted by Gasteiger charge is 2.52. The van der Waals surface area contributed by atoms with Crippen LogP contribution in [0.2, 0.25) is 0 Å². The zero-order valence-corrected chi connectivity index (χ0v) is 17.6. The lowest BCUT2D eigenvalue weighted by atomic mass is 9.78. The van der Waals surface area contributed by atoms with Gasteiger partial charge >= 0.3 is 7.12 Å². The number of aromatic nitrogens is 2. The molecule has 0 bridgehead atoms. The molecule has 2 heterocycles. The van der Waals surface area contributed by atoms with Crippen molar-refractivity contribution in [2.24, 2.45) is 13.0 Å². The predicted octanol–water partition coefficient (Wildman–Crippen LogP) is 4.26. The van der Waals surface area contributed by atoms with Gasteiger partial charge in [0.05, 0.1) is 17.4 Å². The van der Waals surface area contributed by atoms with Crippen LogP contribution in [0.25, 0.3) is 11.1 Å². The second-order valence-corrected chi connectivity index (χ2v) is 9.31. The van der Waals surface area contributed by atoms with Gasteiger partial charge in [-0.1, -0.05) is 37.8 Å². The quantitative estimate of drug-likeness (QED) is 0.740. The molecule has 0 N–H and O–H groups in total. The number of benzene rings is 1. The van der Waals surface area contributed by atoms with E-state index in [0.717, 1.165) is 17.5 Å². The number of hydrogen-bond donors (Lipinski definition) is 0. The van der Waals surface area contributed by atoms with Crippen molar-refractivity contribution >= 4 is 12.6 Å². The topological polar surface area (TPSA) is 36.3 Å². The first-order chi connectivity index (χ1) is 13.2. The third kappa shape index (κ3) is 3.41.